The average molecular weight is 327 g/mol. The highest BCUT2D eigenvalue weighted by Crippen LogP contribution is 2.20. The maximum absolute atomic E-state index is 11.9. The molecule has 3 N–H and O–H groups in total. The lowest BCUT2D eigenvalue weighted by Crippen LogP contribution is -2.13. The number of nitrogens with zero attached hydrogens (tertiary/aromatic N) is 1. The predicted molar refractivity (Wildman–Crippen MR) is 75.8 cm³/mol. The van der Waals surface area contributed by atoms with Gasteiger partial charge in [0.25, 0.3) is 5.91 Å². The Balaban J connectivity index is 2.19. The van der Waals surface area contributed by atoms with Crippen molar-refractivity contribution in [1.82, 2.24) is 4.98 Å². The molecule has 0 aliphatic heterocycles. The average Bonchev–Trinajstić information content (AvgIpc) is 2.32. The SMILES string of the molecule is Nc1ccc(C(=O)Nc2ccc(Br)cn2)c(Cl)c1. The van der Waals surface area contributed by atoms with Crippen molar-refractivity contribution >= 4 is 44.9 Å². The first-order chi connectivity index (χ1) is 8.56. The summed E-state index contributed by atoms with van der Waals surface area (Å²) in [4.78, 5) is 16.0. The van der Waals surface area contributed by atoms with E-state index >= 15 is 0 Å². The molecule has 0 atom stereocenters. The number of aromatic nitrogens is 1. The smallest absolute Gasteiger partial charge is 0.258 e. The number of pyridine rings is 1. The van der Waals surface area contributed by atoms with Crippen LogP contribution in [-0.2, 0) is 0 Å². The third-order valence-corrected chi connectivity index (χ3v) is 2.99. The number of rotatable bonds is 2. The van der Waals surface area contributed by atoms with Crippen LogP contribution in [0.4, 0.5) is 11.5 Å². The minimum Gasteiger partial charge on any atom is -0.399 e. The second-order valence-corrected chi connectivity index (χ2v) is 4.88. The number of carbonyl (C=O) groups excluding carboxylic acids is 1. The fourth-order valence-electron chi connectivity index (χ4n) is 1.35. The highest BCUT2D eigenvalue weighted by atomic mass is 79.9. The van der Waals surface area contributed by atoms with Crippen molar-refractivity contribution in [2.75, 3.05) is 11.1 Å². The molecule has 0 saturated heterocycles. The molecule has 2 rings (SSSR count). The van der Waals surface area contributed by atoms with Crippen LogP contribution in [0.5, 0.6) is 0 Å². The number of carbonyl (C=O) groups is 1. The van der Waals surface area contributed by atoms with Crippen molar-refractivity contribution in [3.8, 4) is 0 Å². The van der Waals surface area contributed by atoms with Gasteiger partial charge in [-0.3, -0.25) is 4.79 Å². The molecule has 0 spiro atoms. The lowest BCUT2D eigenvalue weighted by molar-refractivity contribution is 0.102. The van der Waals surface area contributed by atoms with Crippen LogP contribution in [0.3, 0.4) is 0 Å². The first-order valence-electron chi connectivity index (χ1n) is 5.04. The molecule has 0 saturated carbocycles. The largest absolute Gasteiger partial charge is 0.399 e. The van der Waals surface area contributed by atoms with Crippen molar-refractivity contribution in [2.24, 2.45) is 0 Å². The highest BCUT2D eigenvalue weighted by molar-refractivity contribution is 9.10. The van der Waals surface area contributed by atoms with Gasteiger partial charge in [0, 0.05) is 16.4 Å². The summed E-state index contributed by atoms with van der Waals surface area (Å²) in [6.07, 6.45) is 1.60. The van der Waals surface area contributed by atoms with Crippen molar-refractivity contribution in [3.05, 3.63) is 51.6 Å². The molecule has 2 aromatic rings. The molecule has 1 aromatic heterocycles. The number of anilines is 2. The second kappa shape index (κ2) is 5.37. The summed E-state index contributed by atoms with van der Waals surface area (Å²) >= 11 is 9.21. The number of halogens is 2. The molecule has 0 aliphatic carbocycles. The summed E-state index contributed by atoms with van der Waals surface area (Å²) in [6.45, 7) is 0. The maximum atomic E-state index is 11.9. The molecule has 0 radical (unpaired) electrons. The lowest BCUT2D eigenvalue weighted by Gasteiger charge is -2.06. The molecule has 92 valence electrons. The van der Waals surface area contributed by atoms with E-state index in [1.54, 1.807) is 30.5 Å². The zero-order valence-electron chi connectivity index (χ0n) is 9.15. The summed E-state index contributed by atoms with van der Waals surface area (Å²) in [5.74, 6) is 0.130. The Morgan fingerprint density at radius 3 is 2.72 bits per heavy atom. The normalized spacial score (nSPS) is 10.1. The van der Waals surface area contributed by atoms with Gasteiger partial charge in [0.05, 0.1) is 10.6 Å². The Morgan fingerprint density at radius 2 is 2.11 bits per heavy atom. The van der Waals surface area contributed by atoms with Crippen LogP contribution in [0.2, 0.25) is 5.02 Å². The number of nitrogens with one attached hydrogen (secondary N) is 1. The summed E-state index contributed by atoms with van der Waals surface area (Å²) in [5.41, 5.74) is 6.43. The summed E-state index contributed by atoms with van der Waals surface area (Å²) in [5, 5.41) is 2.96. The third-order valence-electron chi connectivity index (χ3n) is 2.21. The van der Waals surface area contributed by atoms with E-state index in [4.69, 9.17) is 17.3 Å². The van der Waals surface area contributed by atoms with Gasteiger partial charge in [0.1, 0.15) is 5.82 Å². The lowest BCUT2D eigenvalue weighted by atomic mass is 10.2. The van der Waals surface area contributed by atoms with E-state index in [0.29, 0.717) is 22.1 Å². The Morgan fingerprint density at radius 1 is 1.33 bits per heavy atom. The summed E-state index contributed by atoms with van der Waals surface area (Å²) in [6, 6.07) is 8.20. The Hall–Kier alpha value is -1.59. The molecule has 18 heavy (non-hydrogen) atoms. The van der Waals surface area contributed by atoms with E-state index in [2.05, 4.69) is 26.2 Å². The first kappa shape index (κ1) is 12.9. The minimum atomic E-state index is -0.324. The van der Waals surface area contributed by atoms with Crippen LogP contribution >= 0.6 is 27.5 Å². The molecule has 0 fully saturated rings. The molecule has 0 bridgehead atoms. The zero-order valence-corrected chi connectivity index (χ0v) is 11.5. The third kappa shape index (κ3) is 3.00. The van der Waals surface area contributed by atoms with E-state index in [-0.39, 0.29) is 5.91 Å². The molecular weight excluding hydrogens is 318 g/mol. The van der Waals surface area contributed by atoms with Gasteiger partial charge >= 0.3 is 0 Å². The van der Waals surface area contributed by atoms with E-state index < -0.39 is 0 Å². The van der Waals surface area contributed by atoms with Gasteiger partial charge in [0.2, 0.25) is 0 Å². The molecule has 1 heterocycles. The second-order valence-electron chi connectivity index (χ2n) is 3.56. The van der Waals surface area contributed by atoms with E-state index in [1.807, 2.05) is 0 Å². The number of hydrogen-bond acceptors (Lipinski definition) is 3. The zero-order chi connectivity index (χ0) is 13.1. The maximum Gasteiger partial charge on any atom is 0.258 e. The van der Waals surface area contributed by atoms with Gasteiger partial charge in [0.15, 0.2) is 0 Å². The van der Waals surface area contributed by atoms with Gasteiger partial charge in [-0.2, -0.15) is 0 Å². The van der Waals surface area contributed by atoms with Gasteiger partial charge in [-0.25, -0.2) is 4.98 Å². The summed E-state index contributed by atoms with van der Waals surface area (Å²) in [7, 11) is 0. The fourth-order valence-corrected chi connectivity index (χ4v) is 1.86. The highest BCUT2D eigenvalue weighted by Gasteiger charge is 2.11. The van der Waals surface area contributed by atoms with Crippen LogP contribution in [0.25, 0.3) is 0 Å². The monoisotopic (exact) mass is 325 g/mol. The van der Waals surface area contributed by atoms with E-state index in [0.717, 1.165) is 4.47 Å². The van der Waals surface area contributed by atoms with Crippen LogP contribution in [0.1, 0.15) is 10.4 Å². The van der Waals surface area contributed by atoms with Crippen LogP contribution < -0.4 is 11.1 Å². The summed E-state index contributed by atoms with van der Waals surface area (Å²) < 4.78 is 0.839. The molecule has 1 amide bonds. The Kier molecular flexibility index (Phi) is 3.84. The minimum absolute atomic E-state index is 0.310. The van der Waals surface area contributed by atoms with Crippen molar-refractivity contribution in [2.45, 2.75) is 0 Å². The van der Waals surface area contributed by atoms with Crippen LogP contribution in [0, 0.1) is 0 Å². The number of benzene rings is 1. The van der Waals surface area contributed by atoms with Gasteiger partial charge in [-0.15, -0.1) is 0 Å². The van der Waals surface area contributed by atoms with E-state index in [1.165, 1.54) is 6.07 Å². The van der Waals surface area contributed by atoms with Crippen molar-refractivity contribution < 1.29 is 4.79 Å². The molecule has 4 nitrogen and oxygen atoms in total. The fraction of sp³-hybridized carbons (Fsp3) is 0. The van der Waals surface area contributed by atoms with Gasteiger partial charge < -0.3 is 11.1 Å². The van der Waals surface area contributed by atoms with Gasteiger partial charge in [-0.05, 0) is 46.3 Å². The van der Waals surface area contributed by atoms with Crippen molar-refractivity contribution in [1.29, 1.82) is 0 Å². The van der Waals surface area contributed by atoms with Gasteiger partial charge in [-0.1, -0.05) is 11.6 Å². The van der Waals surface area contributed by atoms with Crippen LogP contribution in [-0.4, -0.2) is 10.9 Å². The molecule has 6 heteroatoms. The number of nitrogens with two attached hydrogens (primary N) is 1. The molecule has 1 aromatic carbocycles. The quantitative estimate of drug-likeness (QED) is 0.832. The number of nitrogen functional groups attached to an aromatic ring is 1. The topological polar surface area (TPSA) is 68.0 Å². The van der Waals surface area contributed by atoms with Crippen molar-refractivity contribution in [3.63, 3.8) is 0 Å². The first-order valence-corrected chi connectivity index (χ1v) is 6.21. The van der Waals surface area contributed by atoms with Crippen LogP contribution in [0.15, 0.2) is 41.0 Å². The number of hydrogen-bond donors (Lipinski definition) is 2. The molecular formula is C12H9BrClN3O. The van der Waals surface area contributed by atoms with E-state index in [9.17, 15) is 4.79 Å². The number of amides is 1. The standard InChI is InChI=1S/C12H9BrClN3O/c13-7-1-4-11(16-6-7)17-12(18)9-3-2-8(15)5-10(9)14/h1-6H,15H2,(H,16,17,18). The molecule has 0 unspecified atom stereocenters. The predicted octanol–water partition coefficient (Wildman–Crippen LogP) is 3.33. The molecule has 0 aliphatic rings. The Labute approximate surface area is 117 Å². The Bertz CT molecular complexity index is 586.